The smallest absolute Gasteiger partial charge is 0.247 e. The molecule has 2 amide bonds. The van der Waals surface area contributed by atoms with E-state index >= 15 is 0 Å². The summed E-state index contributed by atoms with van der Waals surface area (Å²) in [5.74, 6) is -0.702. The second kappa shape index (κ2) is 5.27. The van der Waals surface area contributed by atoms with Crippen molar-refractivity contribution in [2.75, 3.05) is 11.4 Å². The molecule has 5 heteroatoms. The highest BCUT2D eigenvalue weighted by Crippen LogP contribution is 2.19. The second-order valence-electron chi connectivity index (χ2n) is 3.20. The number of imide groups is 1. The van der Waals surface area contributed by atoms with Crippen LogP contribution in [0.15, 0.2) is 24.3 Å². The third-order valence-electron chi connectivity index (χ3n) is 2.08. The van der Waals surface area contributed by atoms with Crippen LogP contribution < -0.4 is 10.6 Å². The molecule has 3 N–H and O–H groups in total. The van der Waals surface area contributed by atoms with Crippen LogP contribution in [0, 0.1) is 0 Å². The van der Waals surface area contributed by atoms with Gasteiger partial charge < -0.3 is 10.8 Å². The number of hydrogen-bond donors (Lipinski definition) is 2. The summed E-state index contributed by atoms with van der Waals surface area (Å²) in [4.78, 5) is 24.1. The van der Waals surface area contributed by atoms with Gasteiger partial charge in [0.05, 0.1) is 12.2 Å². The lowest BCUT2D eigenvalue weighted by Crippen LogP contribution is -2.40. The number of phenols is 1. The lowest BCUT2D eigenvalue weighted by Gasteiger charge is -2.19. The summed E-state index contributed by atoms with van der Waals surface area (Å²) in [6.07, 6.45) is 0.215. The van der Waals surface area contributed by atoms with Gasteiger partial charge in [-0.05, 0) is 24.3 Å². The fraction of sp³-hybridized carbons (Fsp3) is 0.273. The number of aromatic hydroxyl groups is 1. The lowest BCUT2D eigenvalue weighted by atomic mass is 10.2. The highest BCUT2D eigenvalue weighted by Gasteiger charge is 2.20. The Morgan fingerprint density at radius 2 is 1.81 bits per heavy atom. The number of nitrogens with two attached hydrogens (primary N) is 1. The third kappa shape index (κ3) is 2.58. The first-order valence-electron chi connectivity index (χ1n) is 4.95. The summed E-state index contributed by atoms with van der Waals surface area (Å²) >= 11 is 0. The maximum atomic E-state index is 11.6. The summed E-state index contributed by atoms with van der Waals surface area (Å²) in [7, 11) is 0. The zero-order chi connectivity index (χ0) is 12.1. The van der Waals surface area contributed by atoms with Crippen LogP contribution in [-0.4, -0.2) is 23.5 Å². The maximum Gasteiger partial charge on any atom is 0.247 e. The zero-order valence-corrected chi connectivity index (χ0v) is 9.01. The topological polar surface area (TPSA) is 83.6 Å². The predicted octanol–water partition coefficient (Wildman–Crippen LogP) is 0.620. The van der Waals surface area contributed by atoms with Crippen molar-refractivity contribution in [2.24, 2.45) is 5.73 Å². The number of phenolic OH excluding ortho intramolecular Hbond substituents is 1. The number of carbonyl (C=O) groups excluding carboxylic acids is 2. The minimum Gasteiger partial charge on any atom is -0.508 e. The van der Waals surface area contributed by atoms with Gasteiger partial charge in [0.1, 0.15) is 5.75 Å². The first kappa shape index (κ1) is 12.2. The number of rotatable bonds is 3. The Morgan fingerprint density at radius 1 is 1.25 bits per heavy atom. The molecule has 0 saturated heterocycles. The monoisotopic (exact) mass is 222 g/mol. The van der Waals surface area contributed by atoms with Crippen LogP contribution >= 0.6 is 0 Å². The fourth-order valence-corrected chi connectivity index (χ4v) is 1.28. The SMILES string of the molecule is CCC(=O)N(C(=O)CN)c1ccc(O)cc1. The average molecular weight is 222 g/mol. The van der Waals surface area contributed by atoms with Crippen LogP contribution in [0.3, 0.4) is 0 Å². The largest absolute Gasteiger partial charge is 0.508 e. The Kier molecular flexibility index (Phi) is 4.02. The molecular weight excluding hydrogens is 208 g/mol. The normalized spacial score (nSPS) is 9.88. The molecule has 0 aromatic heterocycles. The minimum absolute atomic E-state index is 0.0767. The van der Waals surface area contributed by atoms with Gasteiger partial charge in [-0.1, -0.05) is 6.92 Å². The first-order valence-corrected chi connectivity index (χ1v) is 4.95. The van der Waals surface area contributed by atoms with Crippen molar-refractivity contribution in [1.29, 1.82) is 0 Å². The molecule has 0 heterocycles. The van der Waals surface area contributed by atoms with Crippen molar-refractivity contribution in [2.45, 2.75) is 13.3 Å². The van der Waals surface area contributed by atoms with Crippen LogP contribution in [-0.2, 0) is 9.59 Å². The zero-order valence-electron chi connectivity index (χ0n) is 9.01. The molecule has 0 aliphatic heterocycles. The Bertz CT molecular complexity index is 371. The summed E-state index contributed by atoms with van der Waals surface area (Å²) in [6.45, 7) is 1.44. The summed E-state index contributed by atoms with van der Waals surface area (Å²) < 4.78 is 0. The maximum absolute atomic E-state index is 11.6. The molecule has 0 bridgehead atoms. The fourth-order valence-electron chi connectivity index (χ4n) is 1.28. The molecule has 0 radical (unpaired) electrons. The number of amides is 2. The van der Waals surface area contributed by atoms with Crippen LogP contribution in [0.5, 0.6) is 5.75 Å². The highest BCUT2D eigenvalue weighted by atomic mass is 16.3. The van der Waals surface area contributed by atoms with Gasteiger partial charge >= 0.3 is 0 Å². The van der Waals surface area contributed by atoms with Gasteiger partial charge in [0.25, 0.3) is 0 Å². The number of anilines is 1. The Balaban J connectivity index is 3.06. The van der Waals surface area contributed by atoms with Gasteiger partial charge in [0, 0.05) is 6.42 Å². The van der Waals surface area contributed by atoms with E-state index in [-0.39, 0.29) is 24.6 Å². The third-order valence-corrected chi connectivity index (χ3v) is 2.08. The van der Waals surface area contributed by atoms with Gasteiger partial charge in [-0.15, -0.1) is 0 Å². The summed E-state index contributed by atoms with van der Waals surface area (Å²) in [5, 5.41) is 9.12. The van der Waals surface area contributed by atoms with Crippen LogP contribution in [0.1, 0.15) is 13.3 Å². The van der Waals surface area contributed by atoms with Crippen LogP contribution in [0.4, 0.5) is 5.69 Å². The quantitative estimate of drug-likeness (QED) is 0.785. The molecule has 0 aliphatic carbocycles. The number of hydrogen-bond acceptors (Lipinski definition) is 4. The van der Waals surface area contributed by atoms with E-state index in [1.54, 1.807) is 6.92 Å². The molecule has 0 spiro atoms. The molecule has 0 unspecified atom stereocenters. The highest BCUT2D eigenvalue weighted by molar-refractivity contribution is 6.15. The van der Waals surface area contributed by atoms with Crippen molar-refractivity contribution < 1.29 is 14.7 Å². The Labute approximate surface area is 93.5 Å². The number of carbonyl (C=O) groups is 2. The van der Waals surface area contributed by atoms with Gasteiger partial charge in [-0.25, -0.2) is 4.90 Å². The van der Waals surface area contributed by atoms with E-state index in [0.717, 1.165) is 4.90 Å². The minimum atomic E-state index is -0.461. The molecule has 1 rings (SSSR count). The Hall–Kier alpha value is -1.88. The Morgan fingerprint density at radius 3 is 2.25 bits per heavy atom. The molecule has 86 valence electrons. The molecule has 1 aromatic rings. The average Bonchev–Trinajstić information content (AvgIpc) is 2.31. The molecule has 0 fully saturated rings. The molecule has 16 heavy (non-hydrogen) atoms. The van der Waals surface area contributed by atoms with E-state index in [4.69, 9.17) is 10.8 Å². The van der Waals surface area contributed by atoms with Gasteiger partial charge in [-0.2, -0.15) is 0 Å². The van der Waals surface area contributed by atoms with Crippen molar-refractivity contribution in [3.8, 4) is 5.75 Å². The van der Waals surface area contributed by atoms with E-state index in [1.165, 1.54) is 24.3 Å². The van der Waals surface area contributed by atoms with Gasteiger partial charge in [-0.3, -0.25) is 9.59 Å². The molecular formula is C11H14N2O3. The summed E-state index contributed by atoms with van der Waals surface area (Å²) in [6, 6.07) is 5.82. The van der Waals surface area contributed by atoms with Crippen LogP contribution in [0.2, 0.25) is 0 Å². The van der Waals surface area contributed by atoms with Crippen molar-refractivity contribution in [3.63, 3.8) is 0 Å². The molecule has 5 nitrogen and oxygen atoms in total. The lowest BCUT2D eigenvalue weighted by molar-refractivity contribution is -0.125. The van der Waals surface area contributed by atoms with Gasteiger partial charge in [0.15, 0.2) is 0 Å². The van der Waals surface area contributed by atoms with E-state index in [9.17, 15) is 9.59 Å². The van der Waals surface area contributed by atoms with Crippen LogP contribution in [0.25, 0.3) is 0 Å². The van der Waals surface area contributed by atoms with Crippen molar-refractivity contribution in [3.05, 3.63) is 24.3 Å². The van der Waals surface area contributed by atoms with Gasteiger partial charge in [0.2, 0.25) is 11.8 Å². The van der Waals surface area contributed by atoms with E-state index in [1.807, 2.05) is 0 Å². The van der Waals surface area contributed by atoms with E-state index in [2.05, 4.69) is 0 Å². The molecule has 1 aromatic carbocycles. The number of benzene rings is 1. The van der Waals surface area contributed by atoms with Crippen molar-refractivity contribution in [1.82, 2.24) is 0 Å². The van der Waals surface area contributed by atoms with E-state index in [0.29, 0.717) is 5.69 Å². The predicted molar refractivity (Wildman–Crippen MR) is 59.9 cm³/mol. The summed E-state index contributed by atoms with van der Waals surface area (Å²) in [5.41, 5.74) is 5.66. The van der Waals surface area contributed by atoms with Crippen molar-refractivity contribution >= 4 is 17.5 Å². The number of nitrogens with zero attached hydrogens (tertiary/aromatic N) is 1. The standard InChI is InChI=1S/C11H14N2O3/c1-2-10(15)13(11(16)7-12)8-3-5-9(14)6-4-8/h3-6,14H,2,7,12H2,1H3. The van der Waals surface area contributed by atoms with E-state index < -0.39 is 5.91 Å². The molecule has 0 saturated carbocycles. The molecule has 0 atom stereocenters. The first-order chi connectivity index (χ1) is 7.60. The molecule has 0 aliphatic rings. The second-order valence-corrected chi connectivity index (χ2v) is 3.20.